The van der Waals surface area contributed by atoms with Crippen LogP contribution >= 0.6 is 0 Å². The Bertz CT molecular complexity index is 350. The van der Waals surface area contributed by atoms with Crippen LogP contribution in [0.4, 0.5) is 10.1 Å². The number of nitrogens with one attached hydrogen (secondary N) is 1. The van der Waals surface area contributed by atoms with Gasteiger partial charge in [-0.05, 0) is 30.7 Å². The van der Waals surface area contributed by atoms with Gasteiger partial charge in [-0.3, -0.25) is 4.79 Å². The number of benzene rings is 1. The molecule has 15 heavy (non-hydrogen) atoms. The molecule has 3 nitrogen and oxygen atoms in total. The lowest BCUT2D eigenvalue weighted by Gasteiger charge is -2.20. The first-order valence-corrected chi connectivity index (χ1v) is 5.03. The fraction of sp³-hybridized carbons (Fsp3) is 0.364. The third-order valence-electron chi connectivity index (χ3n) is 2.45. The highest BCUT2D eigenvalue weighted by atomic mass is 19.1. The molecule has 0 atom stereocenters. The van der Waals surface area contributed by atoms with Crippen molar-refractivity contribution in [2.24, 2.45) is 0 Å². The van der Waals surface area contributed by atoms with Crippen LogP contribution in [0.25, 0.3) is 0 Å². The number of hydrogen-bond acceptors (Lipinski definition) is 2. The highest BCUT2D eigenvalue weighted by Crippen LogP contribution is 2.15. The minimum Gasteiger partial charge on any atom is -0.362 e. The number of hydrogen-bond donors (Lipinski definition) is 1. The number of halogens is 1. The zero-order valence-corrected chi connectivity index (χ0v) is 8.37. The first-order chi connectivity index (χ1) is 7.25. The minimum atomic E-state index is -0.252. The van der Waals surface area contributed by atoms with Crippen LogP contribution in [0.3, 0.4) is 0 Å². The molecule has 0 spiro atoms. The summed E-state index contributed by atoms with van der Waals surface area (Å²) in [6.45, 7) is 1.90. The van der Waals surface area contributed by atoms with Gasteiger partial charge in [-0.15, -0.1) is 0 Å². The molecule has 0 bridgehead atoms. The number of anilines is 1. The van der Waals surface area contributed by atoms with E-state index in [0.717, 1.165) is 25.2 Å². The minimum absolute atomic E-state index is 0.0248. The van der Waals surface area contributed by atoms with E-state index in [0.29, 0.717) is 6.54 Å². The summed E-state index contributed by atoms with van der Waals surface area (Å²) in [5.41, 5.74) is 0.897. The van der Waals surface area contributed by atoms with Gasteiger partial charge in [0.15, 0.2) is 0 Å². The summed E-state index contributed by atoms with van der Waals surface area (Å²) in [6.07, 6.45) is 0.920. The van der Waals surface area contributed by atoms with Crippen LogP contribution in [0, 0.1) is 5.82 Å². The lowest BCUT2D eigenvalue weighted by atomic mass is 10.2. The molecule has 1 aromatic rings. The highest BCUT2D eigenvalue weighted by molar-refractivity contribution is 5.81. The Balaban J connectivity index is 2.14. The SMILES string of the molecule is O=C1CN(c2ccc(F)cc2)CCCN1. The fourth-order valence-electron chi connectivity index (χ4n) is 1.68. The molecule has 1 aromatic carbocycles. The predicted molar refractivity (Wildman–Crippen MR) is 56.2 cm³/mol. The van der Waals surface area contributed by atoms with Gasteiger partial charge in [0.25, 0.3) is 0 Å². The lowest BCUT2D eigenvalue weighted by Crippen LogP contribution is -2.32. The Hall–Kier alpha value is -1.58. The Kier molecular flexibility index (Phi) is 2.85. The summed E-state index contributed by atoms with van der Waals surface area (Å²) in [7, 11) is 0. The summed E-state index contributed by atoms with van der Waals surface area (Å²) in [5.74, 6) is -0.227. The van der Waals surface area contributed by atoms with Crippen molar-refractivity contribution in [2.45, 2.75) is 6.42 Å². The number of carbonyl (C=O) groups is 1. The molecule has 80 valence electrons. The van der Waals surface area contributed by atoms with Crippen molar-refractivity contribution in [3.63, 3.8) is 0 Å². The average molecular weight is 208 g/mol. The molecule has 2 rings (SSSR count). The Labute approximate surface area is 87.9 Å². The second-order valence-electron chi connectivity index (χ2n) is 3.60. The lowest BCUT2D eigenvalue weighted by molar-refractivity contribution is -0.119. The van der Waals surface area contributed by atoms with E-state index >= 15 is 0 Å². The van der Waals surface area contributed by atoms with Gasteiger partial charge >= 0.3 is 0 Å². The maximum atomic E-state index is 12.7. The van der Waals surface area contributed by atoms with E-state index in [1.54, 1.807) is 12.1 Å². The third-order valence-corrected chi connectivity index (χ3v) is 2.45. The van der Waals surface area contributed by atoms with E-state index < -0.39 is 0 Å². The Morgan fingerprint density at radius 1 is 1.27 bits per heavy atom. The molecule has 1 amide bonds. The van der Waals surface area contributed by atoms with Crippen LogP contribution < -0.4 is 10.2 Å². The largest absolute Gasteiger partial charge is 0.362 e. The molecule has 1 aliphatic rings. The van der Waals surface area contributed by atoms with Crippen LogP contribution in [0.2, 0.25) is 0 Å². The summed E-state index contributed by atoms with van der Waals surface area (Å²) >= 11 is 0. The van der Waals surface area contributed by atoms with Gasteiger partial charge in [-0.25, -0.2) is 4.39 Å². The topological polar surface area (TPSA) is 32.3 Å². The fourth-order valence-corrected chi connectivity index (χ4v) is 1.68. The third kappa shape index (κ3) is 2.46. The van der Waals surface area contributed by atoms with Crippen molar-refractivity contribution in [1.29, 1.82) is 0 Å². The molecular formula is C11H13FN2O. The first kappa shape index (κ1) is 9.96. The van der Waals surface area contributed by atoms with E-state index in [4.69, 9.17) is 0 Å². The van der Waals surface area contributed by atoms with Crippen molar-refractivity contribution in [3.8, 4) is 0 Å². The molecule has 0 radical (unpaired) electrons. The van der Waals surface area contributed by atoms with E-state index in [1.165, 1.54) is 12.1 Å². The normalized spacial score (nSPS) is 17.1. The number of amides is 1. The van der Waals surface area contributed by atoms with Crippen molar-refractivity contribution in [3.05, 3.63) is 30.1 Å². The molecular weight excluding hydrogens is 195 g/mol. The number of carbonyl (C=O) groups excluding carboxylic acids is 1. The molecule has 0 unspecified atom stereocenters. The molecule has 1 aliphatic heterocycles. The Morgan fingerprint density at radius 2 is 2.00 bits per heavy atom. The second-order valence-corrected chi connectivity index (χ2v) is 3.60. The van der Waals surface area contributed by atoms with E-state index in [2.05, 4.69) is 5.32 Å². The van der Waals surface area contributed by atoms with Gasteiger partial charge in [0, 0.05) is 18.8 Å². The van der Waals surface area contributed by atoms with Gasteiger partial charge in [0.2, 0.25) is 5.91 Å². The number of rotatable bonds is 1. The van der Waals surface area contributed by atoms with E-state index in [-0.39, 0.29) is 11.7 Å². The molecule has 0 aromatic heterocycles. The number of nitrogens with zero attached hydrogens (tertiary/aromatic N) is 1. The summed E-state index contributed by atoms with van der Waals surface area (Å²) in [5, 5.41) is 2.80. The van der Waals surface area contributed by atoms with Crippen LogP contribution in [-0.4, -0.2) is 25.5 Å². The molecule has 1 N–H and O–H groups in total. The van der Waals surface area contributed by atoms with Crippen molar-refractivity contribution >= 4 is 11.6 Å². The smallest absolute Gasteiger partial charge is 0.239 e. The van der Waals surface area contributed by atoms with Gasteiger partial charge in [0.1, 0.15) is 5.82 Å². The summed E-state index contributed by atoms with van der Waals surface area (Å²) < 4.78 is 12.7. The van der Waals surface area contributed by atoms with Crippen LogP contribution in [0.15, 0.2) is 24.3 Å². The highest BCUT2D eigenvalue weighted by Gasteiger charge is 2.14. The zero-order valence-electron chi connectivity index (χ0n) is 8.37. The summed E-state index contributed by atoms with van der Waals surface area (Å²) in [6, 6.07) is 6.23. The standard InChI is InChI=1S/C11H13FN2O/c12-9-2-4-10(5-3-9)14-7-1-6-13-11(15)8-14/h2-5H,1,6-8H2,(H,13,15). The molecule has 0 aliphatic carbocycles. The van der Waals surface area contributed by atoms with Crippen molar-refractivity contribution in [2.75, 3.05) is 24.5 Å². The van der Waals surface area contributed by atoms with E-state index in [9.17, 15) is 9.18 Å². The summed E-state index contributed by atoms with van der Waals surface area (Å²) in [4.78, 5) is 13.3. The van der Waals surface area contributed by atoms with Crippen LogP contribution in [0.5, 0.6) is 0 Å². The second kappa shape index (κ2) is 4.29. The van der Waals surface area contributed by atoms with E-state index in [1.807, 2.05) is 4.90 Å². The van der Waals surface area contributed by atoms with Crippen LogP contribution in [-0.2, 0) is 4.79 Å². The molecule has 1 fully saturated rings. The molecule has 4 heteroatoms. The van der Waals surface area contributed by atoms with Gasteiger partial charge in [-0.2, -0.15) is 0 Å². The average Bonchev–Trinajstić information content (AvgIpc) is 2.44. The van der Waals surface area contributed by atoms with Gasteiger partial charge < -0.3 is 10.2 Å². The Morgan fingerprint density at radius 3 is 2.73 bits per heavy atom. The maximum Gasteiger partial charge on any atom is 0.239 e. The maximum absolute atomic E-state index is 12.7. The van der Waals surface area contributed by atoms with Crippen molar-refractivity contribution < 1.29 is 9.18 Å². The molecule has 1 heterocycles. The zero-order chi connectivity index (χ0) is 10.7. The quantitative estimate of drug-likeness (QED) is 0.751. The van der Waals surface area contributed by atoms with Crippen LogP contribution in [0.1, 0.15) is 6.42 Å². The molecule has 0 saturated carbocycles. The van der Waals surface area contributed by atoms with Gasteiger partial charge in [-0.1, -0.05) is 0 Å². The monoisotopic (exact) mass is 208 g/mol. The molecule has 1 saturated heterocycles. The van der Waals surface area contributed by atoms with Crippen molar-refractivity contribution in [1.82, 2.24) is 5.32 Å². The predicted octanol–water partition coefficient (Wildman–Crippen LogP) is 1.15. The van der Waals surface area contributed by atoms with Gasteiger partial charge in [0.05, 0.1) is 6.54 Å². The first-order valence-electron chi connectivity index (χ1n) is 5.03.